The van der Waals surface area contributed by atoms with Crippen LogP contribution < -0.4 is 10.2 Å². The second kappa shape index (κ2) is 11.9. The normalized spacial score (nSPS) is 11.3. The first-order valence-corrected chi connectivity index (χ1v) is 11.6. The van der Waals surface area contributed by atoms with Gasteiger partial charge in [0.05, 0.1) is 24.3 Å². The van der Waals surface area contributed by atoms with Gasteiger partial charge in [-0.15, -0.1) is 11.3 Å². The maximum atomic E-state index is 13.1. The van der Waals surface area contributed by atoms with E-state index in [4.69, 9.17) is 4.74 Å². The first-order valence-electron chi connectivity index (χ1n) is 10.7. The van der Waals surface area contributed by atoms with Gasteiger partial charge in [0.1, 0.15) is 35.6 Å². The summed E-state index contributed by atoms with van der Waals surface area (Å²) >= 11 is 1.34. The number of carbonyl (C=O) groups is 1. The lowest BCUT2D eigenvalue weighted by molar-refractivity contribution is -0.896. The summed E-state index contributed by atoms with van der Waals surface area (Å²) in [5.41, 5.74) is 3.04. The quantitative estimate of drug-likeness (QED) is 0.349. The predicted octanol–water partition coefficient (Wildman–Crippen LogP) is 4.01. The topological polar surface area (TPSA) is 79.5 Å². The molecule has 0 saturated heterocycles. The van der Waals surface area contributed by atoms with Gasteiger partial charge in [-0.05, 0) is 62.4 Å². The van der Waals surface area contributed by atoms with Crippen molar-refractivity contribution in [2.45, 2.75) is 13.8 Å². The summed E-state index contributed by atoms with van der Waals surface area (Å²) < 4.78 is 18.5. The summed E-state index contributed by atoms with van der Waals surface area (Å²) in [4.78, 5) is 18.1. The number of thiazole rings is 1. The van der Waals surface area contributed by atoms with Gasteiger partial charge in [0, 0.05) is 22.8 Å². The molecule has 3 rings (SSSR count). The van der Waals surface area contributed by atoms with Gasteiger partial charge >= 0.3 is 5.97 Å². The molecule has 0 aliphatic heterocycles. The van der Waals surface area contributed by atoms with E-state index in [1.807, 2.05) is 5.38 Å². The number of nitrogens with zero attached hydrogens (tertiary/aromatic N) is 2. The van der Waals surface area contributed by atoms with Crippen molar-refractivity contribution in [3.63, 3.8) is 0 Å². The number of carbonyl (C=O) groups excluding carboxylic acids is 1. The number of nitriles is 1. The third-order valence-electron chi connectivity index (χ3n) is 5.19. The number of esters is 1. The summed E-state index contributed by atoms with van der Waals surface area (Å²) in [6.07, 6.45) is 1.58. The van der Waals surface area contributed by atoms with E-state index < -0.39 is 0 Å². The first-order chi connectivity index (χ1) is 16.0. The van der Waals surface area contributed by atoms with E-state index in [2.05, 4.69) is 30.2 Å². The van der Waals surface area contributed by atoms with Gasteiger partial charge in [-0.3, -0.25) is 0 Å². The van der Waals surface area contributed by atoms with Gasteiger partial charge < -0.3 is 15.0 Å². The SMILES string of the molecule is CC[NH+](CC)CCOC(=O)c1ccc(N/C=C(/C#N)c2nc(-c3ccc(F)cc3)cs2)cc1. The standard InChI is InChI=1S/C25H25FN4O2S/c1-3-30(4-2)13-14-32-25(31)19-7-11-22(12-8-19)28-16-20(15-27)24-29-23(17-33-24)18-5-9-21(26)10-6-18/h5-12,16-17,28H,3-4,13-14H2,1-2H3/p+1/b20-16-. The van der Waals surface area contributed by atoms with Crippen LogP contribution in [-0.4, -0.2) is 37.2 Å². The van der Waals surface area contributed by atoms with Gasteiger partial charge in [0.15, 0.2) is 0 Å². The molecule has 0 atom stereocenters. The Kier molecular flexibility index (Phi) is 8.70. The van der Waals surface area contributed by atoms with Crippen LogP contribution in [0.4, 0.5) is 10.1 Å². The van der Waals surface area contributed by atoms with Crippen LogP contribution in [0.2, 0.25) is 0 Å². The molecular weight excluding hydrogens is 439 g/mol. The molecule has 1 aromatic heterocycles. The number of rotatable bonds is 10. The number of allylic oxidation sites excluding steroid dienone is 1. The minimum Gasteiger partial charge on any atom is -0.456 e. The van der Waals surface area contributed by atoms with Crippen molar-refractivity contribution >= 4 is 28.6 Å². The average molecular weight is 466 g/mol. The number of halogens is 1. The lowest BCUT2D eigenvalue weighted by atomic mass is 10.2. The molecule has 2 aromatic carbocycles. The van der Waals surface area contributed by atoms with Crippen molar-refractivity contribution in [1.29, 1.82) is 5.26 Å². The van der Waals surface area contributed by atoms with Crippen LogP contribution in [0.5, 0.6) is 0 Å². The van der Waals surface area contributed by atoms with E-state index in [9.17, 15) is 14.4 Å². The average Bonchev–Trinajstić information content (AvgIpc) is 3.33. The Labute approximate surface area is 197 Å². The van der Waals surface area contributed by atoms with Crippen LogP contribution in [0, 0.1) is 17.1 Å². The van der Waals surface area contributed by atoms with Crippen molar-refractivity contribution in [2.24, 2.45) is 0 Å². The Morgan fingerprint density at radius 1 is 1.18 bits per heavy atom. The van der Waals surface area contributed by atoms with Crippen LogP contribution in [0.25, 0.3) is 16.8 Å². The van der Waals surface area contributed by atoms with E-state index in [0.29, 0.717) is 28.4 Å². The minimum absolute atomic E-state index is 0.309. The molecule has 0 bridgehead atoms. The molecule has 6 nitrogen and oxygen atoms in total. The second-order valence-electron chi connectivity index (χ2n) is 7.28. The van der Waals surface area contributed by atoms with Gasteiger partial charge in [-0.1, -0.05) is 0 Å². The highest BCUT2D eigenvalue weighted by atomic mass is 32.1. The predicted molar refractivity (Wildman–Crippen MR) is 128 cm³/mol. The van der Waals surface area contributed by atoms with E-state index in [0.717, 1.165) is 30.9 Å². The van der Waals surface area contributed by atoms with Crippen LogP contribution in [0.15, 0.2) is 60.1 Å². The number of likely N-dealkylation sites (N-methyl/N-ethyl adjacent to an activating group) is 1. The van der Waals surface area contributed by atoms with Crippen molar-refractivity contribution in [2.75, 3.05) is 31.6 Å². The molecule has 170 valence electrons. The molecule has 0 aliphatic rings. The van der Waals surface area contributed by atoms with Gasteiger partial charge in [0.2, 0.25) is 0 Å². The first kappa shape index (κ1) is 24.1. The molecule has 0 saturated carbocycles. The van der Waals surface area contributed by atoms with Crippen LogP contribution in [-0.2, 0) is 4.74 Å². The highest BCUT2D eigenvalue weighted by Crippen LogP contribution is 2.26. The van der Waals surface area contributed by atoms with E-state index in [1.54, 1.807) is 42.6 Å². The number of nitrogens with one attached hydrogen (secondary N) is 2. The smallest absolute Gasteiger partial charge is 0.338 e. The second-order valence-corrected chi connectivity index (χ2v) is 8.14. The van der Waals surface area contributed by atoms with Crippen LogP contribution in [0.3, 0.4) is 0 Å². The van der Waals surface area contributed by atoms with E-state index in [1.165, 1.54) is 28.4 Å². The fraction of sp³-hybridized carbons (Fsp3) is 0.240. The number of aromatic nitrogens is 1. The Balaban J connectivity index is 1.60. The van der Waals surface area contributed by atoms with Crippen molar-refractivity contribution in [3.8, 4) is 17.3 Å². The molecule has 0 radical (unpaired) electrons. The summed E-state index contributed by atoms with van der Waals surface area (Å²) in [5, 5.41) is 15.0. The van der Waals surface area contributed by atoms with Crippen molar-refractivity contribution in [1.82, 2.24) is 4.98 Å². The highest BCUT2D eigenvalue weighted by Gasteiger charge is 2.11. The number of hydrogen-bond acceptors (Lipinski definition) is 6. The van der Waals surface area contributed by atoms with Gasteiger partial charge in [-0.2, -0.15) is 5.26 Å². The Bertz CT molecular complexity index is 1130. The van der Waals surface area contributed by atoms with Crippen molar-refractivity contribution < 1.29 is 18.8 Å². The molecule has 0 amide bonds. The lowest BCUT2D eigenvalue weighted by Gasteiger charge is -2.15. The number of hydrogen-bond donors (Lipinski definition) is 2. The number of anilines is 1. The Morgan fingerprint density at radius 3 is 2.52 bits per heavy atom. The third kappa shape index (κ3) is 6.72. The number of ether oxygens (including phenoxy) is 1. The van der Waals surface area contributed by atoms with Gasteiger partial charge in [0.25, 0.3) is 0 Å². The third-order valence-corrected chi connectivity index (χ3v) is 6.06. The summed E-state index contributed by atoms with van der Waals surface area (Å²) in [5.74, 6) is -0.659. The maximum Gasteiger partial charge on any atom is 0.338 e. The zero-order valence-corrected chi connectivity index (χ0v) is 19.4. The maximum absolute atomic E-state index is 13.1. The molecule has 0 fully saturated rings. The molecule has 0 unspecified atom stereocenters. The highest BCUT2D eigenvalue weighted by molar-refractivity contribution is 7.11. The summed E-state index contributed by atoms with van der Waals surface area (Å²) in [6, 6.07) is 15.1. The van der Waals surface area contributed by atoms with Gasteiger partial charge in [-0.25, -0.2) is 14.2 Å². The molecule has 0 aliphatic carbocycles. The molecule has 2 N–H and O–H groups in total. The van der Waals surface area contributed by atoms with E-state index in [-0.39, 0.29) is 11.8 Å². The minimum atomic E-state index is -0.350. The fourth-order valence-corrected chi connectivity index (χ4v) is 3.92. The van der Waals surface area contributed by atoms with Crippen LogP contribution in [0.1, 0.15) is 29.2 Å². The molecule has 3 aromatic rings. The summed E-state index contributed by atoms with van der Waals surface area (Å²) in [7, 11) is 0. The zero-order valence-electron chi connectivity index (χ0n) is 18.6. The fourth-order valence-electron chi connectivity index (χ4n) is 3.13. The largest absolute Gasteiger partial charge is 0.456 e. The molecular formula is C25H26FN4O2S+. The van der Waals surface area contributed by atoms with E-state index >= 15 is 0 Å². The zero-order chi connectivity index (χ0) is 23.6. The van der Waals surface area contributed by atoms with Crippen LogP contribution >= 0.6 is 11.3 Å². The lowest BCUT2D eigenvalue weighted by Crippen LogP contribution is -3.11. The molecule has 33 heavy (non-hydrogen) atoms. The van der Waals surface area contributed by atoms with Crippen molar-refractivity contribution in [3.05, 3.63) is 76.5 Å². The monoisotopic (exact) mass is 465 g/mol. The molecule has 8 heteroatoms. The number of quaternary nitrogens is 1. The molecule has 0 spiro atoms. The Morgan fingerprint density at radius 2 is 1.88 bits per heavy atom. The number of benzene rings is 2. The molecule has 1 heterocycles. The summed E-state index contributed by atoms with van der Waals surface area (Å²) in [6.45, 7) is 7.40. The Hall–Kier alpha value is -3.54.